The van der Waals surface area contributed by atoms with Crippen molar-refractivity contribution in [3.05, 3.63) is 40.3 Å². The average molecular weight is 361 g/mol. The standard InChI is InChI=1S/C16H15N3O3S2/c1-10-9-23-16(17-10)19-13(20)8-22-15(21)7-6-14-18-11-4-2-3-5-12(11)24-14/h2-5,9H,6-8H2,1H3,(H,17,19,20). The number of thiazole rings is 2. The fourth-order valence-electron chi connectivity index (χ4n) is 2.02. The first-order valence-corrected chi connectivity index (χ1v) is 9.02. The summed E-state index contributed by atoms with van der Waals surface area (Å²) in [4.78, 5) is 32.0. The minimum Gasteiger partial charge on any atom is -0.456 e. The van der Waals surface area contributed by atoms with Gasteiger partial charge in [0.2, 0.25) is 0 Å². The molecule has 2 aromatic heterocycles. The largest absolute Gasteiger partial charge is 0.456 e. The Kier molecular flexibility index (Phi) is 5.17. The number of carbonyl (C=O) groups is 2. The van der Waals surface area contributed by atoms with E-state index in [1.807, 2.05) is 36.6 Å². The number of ether oxygens (including phenoxy) is 1. The first-order chi connectivity index (χ1) is 11.6. The van der Waals surface area contributed by atoms with Gasteiger partial charge in [0, 0.05) is 11.8 Å². The highest BCUT2D eigenvalue weighted by atomic mass is 32.1. The van der Waals surface area contributed by atoms with E-state index in [2.05, 4.69) is 15.3 Å². The summed E-state index contributed by atoms with van der Waals surface area (Å²) in [5.41, 5.74) is 1.77. The Morgan fingerprint density at radius 3 is 2.83 bits per heavy atom. The maximum absolute atomic E-state index is 11.8. The lowest BCUT2D eigenvalue weighted by Gasteiger charge is -2.03. The van der Waals surface area contributed by atoms with Crippen molar-refractivity contribution in [2.75, 3.05) is 11.9 Å². The van der Waals surface area contributed by atoms with E-state index >= 15 is 0 Å². The number of nitrogens with one attached hydrogen (secondary N) is 1. The number of esters is 1. The van der Waals surface area contributed by atoms with Crippen molar-refractivity contribution in [2.45, 2.75) is 19.8 Å². The van der Waals surface area contributed by atoms with Crippen LogP contribution < -0.4 is 5.32 Å². The van der Waals surface area contributed by atoms with E-state index in [9.17, 15) is 9.59 Å². The molecule has 6 nitrogen and oxygen atoms in total. The summed E-state index contributed by atoms with van der Waals surface area (Å²) < 4.78 is 6.08. The molecule has 2 heterocycles. The summed E-state index contributed by atoms with van der Waals surface area (Å²) in [5, 5.41) is 5.81. The molecular weight excluding hydrogens is 346 g/mol. The number of hydrogen-bond donors (Lipinski definition) is 1. The third kappa shape index (κ3) is 4.36. The van der Waals surface area contributed by atoms with Gasteiger partial charge in [0.15, 0.2) is 11.7 Å². The Morgan fingerprint density at radius 2 is 2.08 bits per heavy atom. The molecule has 0 atom stereocenters. The van der Waals surface area contributed by atoms with Crippen LogP contribution in [0.3, 0.4) is 0 Å². The number of aromatic nitrogens is 2. The molecule has 0 aliphatic carbocycles. The third-order valence-electron chi connectivity index (χ3n) is 3.11. The van der Waals surface area contributed by atoms with Crippen LogP contribution in [0.15, 0.2) is 29.6 Å². The van der Waals surface area contributed by atoms with Crippen LogP contribution in [0.25, 0.3) is 10.2 Å². The lowest BCUT2D eigenvalue weighted by atomic mass is 10.3. The summed E-state index contributed by atoms with van der Waals surface area (Å²) in [6, 6.07) is 7.83. The van der Waals surface area contributed by atoms with Crippen LogP contribution >= 0.6 is 22.7 Å². The van der Waals surface area contributed by atoms with Crippen molar-refractivity contribution in [1.29, 1.82) is 0 Å². The van der Waals surface area contributed by atoms with Crippen molar-refractivity contribution < 1.29 is 14.3 Å². The second-order valence-corrected chi connectivity index (χ2v) is 7.05. The number of nitrogens with zero attached hydrogens (tertiary/aromatic N) is 2. The van der Waals surface area contributed by atoms with E-state index in [0.717, 1.165) is 20.9 Å². The Bertz CT molecular complexity index is 839. The molecule has 0 saturated heterocycles. The van der Waals surface area contributed by atoms with Crippen LogP contribution in [-0.2, 0) is 20.7 Å². The Labute approximate surface area is 146 Å². The highest BCUT2D eigenvalue weighted by Gasteiger charge is 2.11. The molecule has 0 aliphatic rings. The molecule has 8 heteroatoms. The molecule has 0 unspecified atom stereocenters. The van der Waals surface area contributed by atoms with E-state index in [4.69, 9.17) is 4.74 Å². The predicted molar refractivity (Wildman–Crippen MR) is 94.4 cm³/mol. The van der Waals surface area contributed by atoms with Gasteiger partial charge < -0.3 is 4.74 Å². The highest BCUT2D eigenvalue weighted by Crippen LogP contribution is 2.22. The van der Waals surface area contributed by atoms with Crippen LogP contribution in [0.1, 0.15) is 17.1 Å². The van der Waals surface area contributed by atoms with E-state index in [1.165, 1.54) is 11.3 Å². The van der Waals surface area contributed by atoms with Gasteiger partial charge in [0.1, 0.15) is 0 Å². The normalized spacial score (nSPS) is 10.7. The molecule has 1 aromatic carbocycles. The number of para-hydroxylation sites is 1. The molecule has 3 rings (SSSR count). The predicted octanol–water partition coefficient (Wildman–Crippen LogP) is 3.18. The Hall–Kier alpha value is -2.32. The molecule has 3 aromatic rings. The van der Waals surface area contributed by atoms with Crippen molar-refractivity contribution in [3.8, 4) is 0 Å². The molecule has 0 radical (unpaired) electrons. The molecule has 0 bridgehead atoms. The summed E-state index contributed by atoms with van der Waals surface area (Å²) in [6.45, 7) is 1.53. The highest BCUT2D eigenvalue weighted by molar-refractivity contribution is 7.18. The molecular formula is C16H15N3O3S2. The van der Waals surface area contributed by atoms with Crippen molar-refractivity contribution in [3.63, 3.8) is 0 Å². The quantitative estimate of drug-likeness (QED) is 0.682. The smallest absolute Gasteiger partial charge is 0.306 e. The molecule has 0 saturated carbocycles. The van der Waals surface area contributed by atoms with Gasteiger partial charge in [-0.25, -0.2) is 9.97 Å². The molecule has 0 spiro atoms. The number of amides is 1. The number of carbonyl (C=O) groups excluding carboxylic acids is 2. The van der Waals surface area contributed by atoms with E-state index in [-0.39, 0.29) is 13.0 Å². The van der Waals surface area contributed by atoms with Crippen molar-refractivity contribution in [1.82, 2.24) is 9.97 Å². The van der Waals surface area contributed by atoms with Gasteiger partial charge >= 0.3 is 5.97 Å². The molecule has 0 aliphatic heterocycles. The zero-order valence-corrected chi connectivity index (χ0v) is 14.6. The molecule has 24 heavy (non-hydrogen) atoms. The molecule has 1 N–H and O–H groups in total. The van der Waals surface area contributed by atoms with Crippen molar-refractivity contribution >= 4 is 49.9 Å². The van der Waals surface area contributed by atoms with Crippen LogP contribution in [0, 0.1) is 6.92 Å². The third-order valence-corrected chi connectivity index (χ3v) is 5.08. The van der Waals surface area contributed by atoms with Gasteiger partial charge in [0.05, 0.1) is 27.3 Å². The van der Waals surface area contributed by atoms with Gasteiger partial charge in [-0.05, 0) is 19.1 Å². The SMILES string of the molecule is Cc1csc(NC(=O)COC(=O)CCc2nc3ccccc3s2)n1. The summed E-state index contributed by atoms with van der Waals surface area (Å²) >= 11 is 2.89. The Morgan fingerprint density at radius 1 is 1.25 bits per heavy atom. The first kappa shape index (κ1) is 16.5. The topological polar surface area (TPSA) is 81.2 Å². The summed E-state index contributed by atoms with van der Waals surface area (Å²) in [5.74, 6) is -0.808. The van der Waals surface area contributed by atoms with Crippen LogP contribution in [0.5, 0.6) is 0 Å². The zero-order valence-electron chi connectivity index (χ0n) is 12.9. The van der Waals surface area contributed by atoms with E-state index < -0.39 is 11.9 Å². The lowest BCUT2D eigenvalue weighted by Crippen LogP contribution is -2.21. The average Bonchev–Trinajstić information content (AvgIpc) is 3.16. The monoisotopic (exact) mass is 361 g/mol. The second kappa shape index (κ2) is 7.50. The maximum Gasteiger partial charge on any atom is 0.306 e. The van der Waals surface area contributed by atoms with E-state index in [1.54, 1.807) is 11.3 Å². The molecule has 124 valence electrons. The number of hydrogen-bond acceptors (Lipinski definition) is 7. The Balaban J connectivity index is 1.43. The van der Waals surface area contributed by atoms with E-state index in [0.29, 0.717) is 11.6 Å². The van der Waals surface area contributed by atoms with Gasteiger partial charge in [-0.2, -0.15) is 0 Å². The van der Waals surface area contributed by atoms with Gasteiger partial charge in [-0.15, -0.1) is 22.7 Å². The fourth-order valence-corrected chi connectivity index (χ4v) is 3.69. The number of anilines is 1. The molecule has 0 fully saturated rings. The lowest BCUT2D eigenvalue weighted by molar-refractivity contribution is -0.147. The van der Waals surface area contributed by atoms with Crippen LogP contribution in [0.4, 0.5) is 5.13 Å². The summed E-state index contributed by atoms with van der Waals surface area (Å²) in [7, 11) is 0. The minimum atomic E-state index is -0.417. The fraction of sp³-hybridized carbons (Fsp3) is 0.250. The minimum absolute atomic E-state index is 0.198. The second-order valence-electron chi connectivity index (χ2n) is 5.08. The molecule has 1 amide bonds. The van der Waals surface area contributed by atoms with Gasteiger partial charge in [-0.1, -0.05) is 12.1 Å². The maximum atomic E-state index is 11.8. The van der Waals surface area contributed by atoms with Gasteiger partial charge in [-0.3, -0.25) is 14.9 Å². The number of fused-ring (bicyclic) bond motifs is 1. The van der Waals surface area contributed by atoms with Crippen LogP contribution in [-0.4, -0.2) is 28.5 Å². The van der Waals surface area contributed by atoms with Gasteiger partial charge in [0.25, 0.3) is 5.91 Å². The van der Waals surface area contributed by atoms with Crippen molar-refractivity contribution in [2.24, 2.45) is 0 Å². The number of aryl methyl sites for hydroxylation is 2. The number of benzene rings is 1. The first-order valence-electron chi connectivity index (χ1n) is 7.32. The number of rotatable bonds is 6. The summed E-state index contributed by atoms with van der Waals surface area (Å²) in [6.07, 6.45) is 0.703. The van der Waals surface area contributed by atoms with Crippen LogP contribution in [0.2, 0.25) is 0 Å². The zero-order chi connectivity index (χ0) is 16.9.